The first-order chi connectivity index (χ1) is 8.76. The summed E-state index contributed by atoms with van der Waals surface area (Å²) >= 11 is 0. The van der Waals surface area contributed by atoms with Crippen molar-refractivity contribution >= 4 is 5.91 Å². The Morgan fingerprint density at radius 2 is 1.95 bits per heavy atom. The molecule has 0 saturated carbocycles. The van der Waals surface area contributed by atoms with Crippen molar-refractivity contribution in [2.24, 2.45) is 5.73 Å². The molecular weight excluding hydrogens is 261 g/mol. The smallest absolute Gasteiger partial charge is 0.406 e. The molecule has 1 rings (SSSR count). The minimum Gasteiger partial charge on any atom is -0.406 e. The number of hydrogen-bond acceptors (Lipinski definition) is 3. The van der Waals surface area contributed by atoms with Gasteiger partial charge in [-0.3, -0.25) is 4.79 Å². The maximum atomic E-state index is 11.9. The van der Waals surface area contributed by atoms with E-state index in [0.717, 1.165) is 5.56 Å². The topological polar surface area (TPSA) is 64.4 Å². The van der Waals surface area contributed by atoms with E-state index >= 15 is 0 Å². The van der Waals surface area contributed by atoms with Crippen LogP contribution in [0.5, 0.6) is 5.75 Å². The van der Waals surface area contributed by atoms with Crippen molar-refractivity contribution in [1.82, 2.24) is 5.32 Å². The minimum atomic E-state index is -4.68. The van der Waals surface area contributed by atoms with Crippen molar-refractivity contribution in [1.29, 1.82) is 0 Å². The summed E-state index contributed by atoms with van der Waals surface area (Å²) in [5, 5.41) is 3.03. The summed E-state index contributed by atoms with van der Waals surface area (Å²) in [6.45, 7) is 2.23. The summed E-state index contributed by atoms with van der Waals surface area (Å²) in [5.41, 5.74) is 5.82. The molecule has 1 amide bonds. The molecule has 0 fully saturated rings. The van der Waals surface area contributed by atoms with Gasteiger partial charge in [0, 0.05) is 19.0 Å². The van der Waals surface area contributed by atoms with E-state index in [1.165, 1.54) is 24.3 Å². The monoisotopic (exact) mass is 276 g/mol. The van der Waals surface area contributed by atoms with Crippen molar-refractivity contribution in [3.05, 3.63) is 29.8 Å². The molecule has 0 saturated heterocycles. The van der Waals surface area contributed by atoms with Crippen molar-refractivity contribution in [2.45, 2.75) is 32.3 Å². The van der Waals surface area contributed by atoms with Gasteiger partial charge < -0.3 is 15.8 Å². The fraction of sp³-hybridized carbons (Fsp3) is 0.417. The minimum absolute atomic E-state index is 0.0939. The second-order valence-electron chi connectivity index (χ2n) is 4.14. The van der Waals surface area contributed by atoms with E-state index in [2.05, 4.69) is 10.1 Å². The lowest BCUT2D eigenvalue weighted by molar-refractivity contribution is -0.274. The second-order valence-corrected chi connectivity index (χ2v) is 4.14. The summed E-state index contributed by atoms with van der Waals surface area (Å²) in [4.78, 5) is 10.7. The van der Waals surface area contributed by atoms with Crippen LogP contribution in [0.2, 0.25) is 0 Å². The van der Waals surface area contributed by atoms with Crippen LogP contribution in [-0.2, 0) is 11.3 Å². The molecule has 0 bridgehead atoms. The van der Waals surface area contributed by atoms with E-state index in [9.17, 15) is 18.0 Å². The molecule has 19 heavy (non-hydrogen) atoms. The number of hydrogen-bond donors (Lipinski definition) is 2. The highest BCUT2D eigenvalue weighted by molar-refractivity contribution is 5.74. The molecule has 106 valence electrons. The average Bonchev–Trinajstić information content (AvgIpc) is 2.25. The van der Waals surface area contributed by atoms with Gasteiger partial charge in [-0.05, 0) is 24.6 Å². The van der Waals surface area contributed by atoms with E-state index in [4.69, 9.17) is 5.73 Å². The molecule has 0 heterocycles. The molecule has 1 atom stereocenters. The van der Waals surface area contributed by atoms with E-state index in [-0.39, 0.29) is 18.2 Å². The van der Waals surface area contributed by atoms with Gasteiger partial charge in [-0.1, -0.05) is 12.1 Å². The van der Waals surface area contributed by atoms with Gasteiger partial charge in [0.25, 0.3) is 0 Å². The van der Waals surface area contributed by atoms with Gasteiger partial charge in [0.1, 0.15) is 5.75 Å². The molecule has 1 unspecified atom stereocenters. The number of primary amides is 1. The third-order valence-corrected chi connectivity index (χ3v) is 2.32. The van der Waals surface area contributed by atoms with Crippen molar-refractivity contribution in [3.63, 3.8) is 0 Å². The summed E-state index contributed by atoms with van der Waals surface area (Å²) in [6.07, 6.45) is -4.48. The van der Waals surface area contributed by atoms with Crippen LogP contribution in [0, 0.1) is 0 Å². The lowest BCUT2D eigenvalue weighted by atomic mass is 10.2. The van der Waals surface area contributed by atoms with Gasteiger partial charge in [-0.2, -0.15) is 0 Å². The first kappa shape index (κ1) is 15.3. The Kier molecular flexibility index (Phi) is 5.17. The predicted molar refractivity (Wildman–Crippen MR) is 63.2 cm³/mol. The number of halogens is 3. The number of rotatable bonds is 6. The van der Waals surface area contributed by atoms with E-state index in [0.29, 0.717) is 6.54 Å². The van der Waals surface area contributed by atoms with Crippen LogP contribution < -0.4 is 15.8 Å². The lowest BCUT2D eigenvalue weighted by Crippen LogP contribution is -2.30. The maximum absolute atomic E-state index is 11.9. The van der Waals surface area contributed by atoms with Crippen LogP contribution in [0.15, 0.2) is 24.3 Å². The maximum Gasteiger partial charge on any atom is 0.573 e. The Hall–Kier alpha value is -1.76. The molecule has 0 spiro atoms. The highest BCUT2D eigenvalue weighted by Crippen LogP contribution is 2.22. The molecule has 1 aromatic rings. The number of amides is 1. The number of carbonyl (C=O) groups excluding carboxylic acids is 1. The van der Waals surface area contributed by atoms with Crippen molar-refractivity contribution < 1.29 is 22.7 Å². The molecule has 4 nitrogen and oxygen atoms in total. The number of carbonyl (C=O) groups is 1. The van der Waals surface area contributed by atoms with E-state index in [1.54, 1.807) is 6.92 Å². The summed E-state index contributed by atoms with van der Waals surface area (Å²) in [5.74, 6) is -0.671. The first-order valence-corrected chi connectivity index (χ1v) is 5.62. The highest BCUT2D eigenvalue weighted by Gasteiger charge is 2.30. The quantitative estimate of drug-likeness (QED) is 0.834. The summed E-state index contributed by atoms with van der Waals surface area (Å²) in [6, 6.07) is 5.42. The Morgan fingerprint density at radius 1 is 1.37 bits per heavy atom. The molecule has 1 aromatic carbocycles. The van der Waals surface area contributed by atoms with Gasteiger partial charge in [0.2, 0.25) is 5.91 Å². The average molecular weight is 276 g/mol. The van der Waals surface area contributed by atoms with Crippen LogP contribution in [0.3, 0.4) is 0 Å². The number of nitrogens with two attached hydrogens (primary N) is 1. The zero-order chi connectivity index (χ0) is 14.5. The number of alkyl halides is 3. The fourth-order valence-electron chi connectivity index (χ4n) is 1.48. The second kappa shape index (κ2) is 6.42. The van der Waals surface area contributed by atoms with Crippen molar-refractivity contribution in [2.75, 3.05) is 0 Å². The Bertz CT molecular complexity index is 418. The summed E-state index contributed by atoms with van der Waals surface area (Å²) in [7, 11) is 0. The summed E-state index contributed by atoms with van der Waals surface area (Å²) < 4.78 is 39.6. The van der Waals surface area contributed by atoms with Crippen LogP contribution in [0.25, 0.3) is 0 Å². The normalized spacial score (nSPS) is 13.1. The predicted octanol–water partition coefficient (Wildman–Crippen LogP) is 1.94. The number of nitrogens with one attached hydrogen (secondary N) is 1. The molecule has 0 aliphatic heterocycles. The molecule has 0 aliphatic rings. The molecule has 3 N–H and O–H groups in total. The highest BCUT2D eigenvalue weighted by atomic mass is 19.4. The zero-order valence-corrected chi connectivity index (χ0v) is 10.3. The SMILES string of the molecule is CC(CC(N)=O)NCc1ccc(OC(F)(F)F)cc1. The number of benzene rings is 1. The lowest BCUT2D eigenvalue weighted by Gasteiger charge is -2.12. The van der Waals surface area contributed by atoms with Crippen LogP contribution in [-0.4, -0.2) is 18.3 Å². The Labute approximate surface area is 108 Å². The van der Waals surface area contributed by atoms with Gasteiger partial charge in [0.05, 0.1) is 0 Å². The fourth-order valence-corrected chi connectivity index (χ4v) is 1.48. The molecule has 7 heteroatoms. The third-order valence-electron chi connectivity index (χ3n) is 2.32. The van der Waals surface area contributed by atoms with Gasteiger partial charge >= 0.3 is 6.36 Å². The molecule has 0 aromatic heterocycles. The van der Waals surface area contributed by atoms with Crippen LogP contribution >= 0.6 is 0 Å². The molecule has 0 aliphatic carbocycles. The first-order valence-electron chi connectivity index (χ1n) is 5.62. The van der Waals surface area contributed by atoms with Gasteiger partial charge in [-0.25, -0.2) is 0 Å². The van der Waals surface area contributed by atoms with Crippen molar-refractivity contribution in [3.8, 4) is 5.75 Å². The largest absolute Gasteiger partial charge is 0.573 e. The van der Waals surface area contributed by atoms with E-state index < -0.39 is 12.3 Å². The zero-order valence-electron chi connectivity index (χ0n) is 10.3. The molecule has 0 radical (unpaired) electrons. The van der Waals surface area contributed by atoms with Gasteiger partial charge in [0.15, 0.2) is 0 Å². The Balaban J connectivity index is 2.46. The van der Waals surface area contributed by atoms with E-state index in [1.807, 2.05) is 0 Å². The van der Waals surface area contributed by atoms with Crippen LogP contribution in [0.4, 0.5) is 13.2 Å². The van der Waals surface area contributed by atoms with Crippen LogP contribution in [0.1, 0.15) is 18.9 Å². The van der Waals surface area contributed by atoms with Gasteiger partial charge in [-0.15, -0.1) is 13.2 Å². The Morgan fingerprint density at radius 3 is 2.42 bits per heavy atom. The standard InChI is InChI=1S/C12H15F3N2O2/c1-8(6-11(16)18)17-7-9-2-4-10(5-3-9)19-12(13,14)15/h2-5,8,17H,6-7H2,1H3,(H2,16,18). The third kappa shape index (κ3) is 6.66. The molecular formula is C12H15F3N2O2. The number of ether oxygens (including phenoxy) is 1.